The number of carbonyl (C=O) groups excluding carboxylic acids is 1. The van der Waals surface area contributed by atoms with Crippen molar-refractivity contribution in [2.45, 2.75) is 56.1 Å². The van der Waals surface area contributed by atoms with E-state index in [9.17, 15) is 4.79 Å². The minimum Gasteiger partial charge on any atom is -0.342 e. The van der Waals surface area contributed by atoms with Gasteiger partial charge in [0, 0.05) is 25.2 Å². The van der Waals surface area contributed by atoms with Crippen LogP contribution in [0.3, 0.4) is 0 Å². The molecule has 0 saturated carbocycles. The fourth-order valence-corrected chi connectivity index (χ4v) is 4.25. The van der Waals surface area contributed by atoms with E-state index in [1.165, 1.54) is 24.0 Å². The third-order valence-electron chi connectivity index (χ3n) is 5.50. The predicted molar refractivity (Wildman–Crippen MR) is 85.9 cm³/mol. The lowest BCUT2D eigenvalue weighted by Crippen LogP contribution is -2.50. The van der Waals surface area contributed by atoms with Crippen molar-refractivity contribution in [1.29, 1.82) is 0 Å². The fourth-order valence-electron chi connectivity index (χ4n) is 4.25. The Balaban J connectivity index is 0.00000132. The second kappa shape index (κ2) is 5.62. The fraction of sp³-hybridized carbons (Fsp3) is 0.588. The average molecular weight is 307 g/mol. The zero-order valence-corrected chi connectivity index (χ0v) is 13.2. The molecule has 2 fully saturated rings. The number of nitrogens with one attached hydrogen (secondary N) is 1. The molecule has 2 heterocycles. The summed E-state index contributed by atoms with van der Waals surface area (Å²) in [5, 5.41) is 3.65. The average Bonchev–Trinajstić information content (AvgIpc) is 2.78. The number of nitrogens with zero attached hydrogens (tertiary/aromatic N) is 1. The minimum atomic E-state index is 0. The second-order valence-electron chi connectivity index (χ2n) is 6.67. The highest BCUT2D eigenvalue weighted by Crippen LogP contribution is 2.37. The molecule has 0 aromatic heterocycles. The van der Waals surface area contributed by atoms with Crippen molar-refractivity contribution in [3.8, 4) is 0 Å². The molecular formula is C17H23ClN2O. The van der Waals surface area contributed by atoms with Crippen molar-refractivity contribution >= 4 is 18.3 Å². The van der Waals surface area contributed by atoms with Crippen molar-refractivity contribution in [2.75, 3.05) is 7.05 Å². The Bertz CT molecular complexity index is 535. The molecule has 2 saturated heterocycles. The third-order valence-corrected chi connectivity index (χ3v) is 5.50. The van der Waals surface area contributed by atoms with E-state index in [-0.39, 0.29) is 18.3 Å². The quantitative estimate of drug-likeness (QED) is 0.910. The molecule has 2 bridgehead atoms. The molecule has 0 radical (unpaired) electrons. The maximum Gasteiger partial charge on any atom is 0.230 e. The van der Waals surface area contributed by atoms with Crippen molar-refractivity contribution in [3.05, 3.63) is 35.4 Å². The van der Waals surface area contributed by atoms with Crippen LogP contribution in [0, 0.1) is 0 Å². The van der Waals surface area contributed by atoms with Gasteiger partial charge in [-0.05, 0) is 43.2 Å². The van der Waals surface area contributed by atoms with E-state index in [0.717, 1.165) is 19.3 Å². The molecule has 21 heavy (non-hydrogen) atoms. The van der Waals surface area contributed by atoms with Gasteiger partial charge in [-0.25, -0.2) is 0 Å². The summed E-state index contributed by atoms with van der Waals surface area (Å²) in [4.78, 5) is 14.8. The Morgan fingerprint density at radius 3 is 2.52 bits per heavy atom. The van der Waals surface area contributed by atoms with Crippen LogP contribution < -0.4 is 5.32 Å². The molecule has 1 aliphatic carbocycles. The Hall–Kier alpha value is -1.06. The van der Waals surface area contributed by atoms with Crippen LogP contribution in [0.2, 0.25) is 0 Å². The number of fused-ring (bicyclic) bond motifs is 3. The van der Waals surface area contributed by atoms with E-state index >= 15 is 0 Å². The molecular weight excluding hydrogens is 284 g/mol. The Morgan fingerprint density at radius 2 is 1.86 bits per heavy atom. The lowest BCUT2D eigenvalue weighted by Gasteiger charge is -2.39. The number of likely N-dealkylation sites (N-methyl/N-ethyl adjacent to an activating group) is 1. The molecule has 114 valence electrons. The molecule has 1 aromatic rings. The first-order valence-corrected chi connectivity index (χ1v) is 7.83. The Kier molecular flexibility index (Phi) is 3.98. The van der Waals surface area contributed by atoms with Crippen LogP contribution >= 0.6 is 12.4 Å². The standard InChI is InChI=1S/C17H22N2O.ClH/c1-19(14-9-12-6-7-13(10-14)18-12)17(20)16-8-11-4-2-3-5-15(11)16;/h2-5,12-14,16,18H,6-10H2,1H3;1H. The van der Waals surface area contributed by atoms with Crippen LogP contribution in [0.25, 0.3) is 0 Å². The zero-order chi connectivity index (χ0) is 13.7. The zero-order valence-electron chi connectivity index (χ0n) is 12.4. The van der Waals surface area contributed by atoms with Gasteiger partial charge in [-0.2, -0.15) is 0 Å². The lowest BCUT2D eigenvalue weighted by molar-refractivity contribution is -0.134. The smallest absolute Gasteiger partial charge is 0.230 e. The molecule has 2 aliphatic heterocycles. The first-order valence-electron chi connectivity index (χ1n) is 7.83. The van der Waals surface area contributed by atoms with Gasteiger partial charge in [-0.3, -0.25) is 4.79 Å². The van der Waals surface area contributed by atoms with E-state index < -0.39 is 0 Å². The van der Waals surface area contributed by atoms with Crippen LogP contribution in [-0.2, 0) is 11.2 Å². The first kappa shape index (κ1) is 14.9. The topological polar surface area (TPSA) is 32.3 Å². The first-order chi connectivity index (χ1) is 9.72. The summed E-state index contributed by atoms with van der Waals surface area (Å²) in [5.41, 5.74) is 2.60. The van der Waals surface area contributed by atoms with E-state index in [1.54, 1.807) is 0 Å². The van der Waals surface area contributed by atoms with E-state index in [1.807, 2.05) is 18.0 Å². The van der Waals surface area contributed by atoms with Crippen molar-refractivity contribution < 1.29 is 4.79 Å². The van der Waals surface area contributed by atoms with Crippen molar-refractivity contribution in [1.82, 2.24) is 10.2 Å². The number of rotatable bonds is 2. The highest BCUT2D eigenvalue weighted by molar-refractivity contribution is 5.87. The molecule has 0 spiro atoms. The van der Waals surface area contributed by atoms with Gasteiger partial charge in [-0.1, -0.05) is 24.3 Å². The maximum atomic E-state index is 12.7. The Morgan fingerprint density at radius 1 is 1.19 bits per heavy atom. The monoisotopic (exact) mass is 306 g/mol. The molecule has 3 nitrogen and oxygen atoms in total. The lowest BCUT2D eigenvalue weighted by atomic mass is 9.76. The van der Waals surface area contributed by atoms with Crippen LogP contribution in [0.4, 0.5) is 0 Å². The van der Waals surface area contributed by atoms with Crippen LogP contribution in [0.15, 0.2) is 24.3 Å². The summed E-state index contributed by atoms with van der Waals surface area (Å²) in [6, 6.07) is 10.1. The van der Waals surface area contributed by atoms with Crippen LogP contribution in [0.5, 0.6) is 0 Å². The molecule has 1 aromatic carbocycles. The summed E-state index contributed by atoms with van der Waals surface area (Å²) < 4.78 is 0. The SMILES string of the molecule is CN(C(=O)C1Cc2ccccc21)C1CC2CCC(C1)N2.Cl. The van der Waals surface area contributed by atoms with E-state index in [2.05, 4.69) is 23.5 Å². The van der Waals surface area contributed by atoms with Gasteiger partial charge in [0.25, 0.3) is 0 Å². The molecule has 1 amide bonds. The summed E-state index contributed by atoms with van der Waals surface area (Å²) in [6.45, 7) is 0. The predicted octanol–water partition coefficient (Wildman–Crippen LogP) is 2.49. The Labute approximate surface area is 132 Å². The van der Waals surface area contributed by atoms with Gasteiger partial charge in [0.2, 0.25) is 5.91 Å². The third kappa shape index (κ3) is 2.47. The maximum absolute atomic E-state index is 12.7. The number of carbonyl (C=O) groups is 1. The molecule has 4 heteroatoms. The highest BCUT2D eigenvalue weighted by Gasteiger charge is 2.40. The number of piperidine rings is 1. The summed E-state index contributed by atoms with van der Waals surface area (Å²) in [5.74, 6) is 0.443. The van der Waals surface area contributed by atoms with E-state index in [0.29, 0.717) is 24.0 Å². The largest absolute Gasteiger partial charge is 0.342 e. The summed E-state index contributed by atoms with van der Waals surface area (Å²) in [7, 11) is 2.01. The summed E-state index contributed by atoms with van der Waals surface area (Å²) >= 11 is 0. The molecule has 1 N–H and O–H groups in total. The molecule has 3 atom stereocenters. The molecule has 3 aliphatic rings. The van der Waals surface area contributed by atoms with Gasteiger partial charge in [-0.15, -0.1) is 12.4 Å². The normalized spacial score (nSPS) is 32.6. The number of benzene rings is 1. The summed E-state index contributed by atoms with van der Waals surface area (Å²) in [6.07, 6.45) is 5.77. The molecule has 3 unspecified atom stereocenters. The minimum absolute atomic E-state index is 0. The number of hydrogen-bond acceptors (Lipinski definition) is 2. The number of halogens is 1. The van der Waals surface area contributed by atoms with Crippen molar-refractivity contribution in [2.24, 2.45) is 0 Å². The van der Waals surface area contributed by atoms with Gasteiger partial charge < -0.3 is 10.2 Å². The number of hydrogen-bond donors (Lipinski definition) is 1. The van der Waals surface area contributed by atoms with E-state index in [4.69, 9.17) is 0 Å². The van der Waals surface area contributed by atoms with Gasteiger partial charge in [0.1, 0.15) is 0 Å². The van der Waals surface area contributed by atoms with Crippen LogP contribution in [0.1, 0.15) is 42.7 Å². The van der Waals surface area contributed by atoms with Crippen molar-refractivity contribution in [3.63, 3.8) is 0 Å². The van der Waals surface area contributed by atoms with Gasteiger partial charge >= 0.3 is 0 Å². The number of amides is 1. The van der Waals surface area contributed by atoms with Gasteiger partial charge in [0.15, 0.2) is 0 Å². The molecule has 4 rings (SSSR count). The highest BCUT2D eigenvalue weighted by atomic mass is 35.5. The van der Waals surface area contributed by atoms with Gasteiger partial charge in [0.05, 0.1) is 5.92 Å². The second-order valence-corrected chi connectivity index (χ2v) is 6.67. The van der Waals surface area contributed by atoms with Crippen LogP contribution in [-0.4, -0.2) is 36.0 Å².